The number of hydrogen-bond acceptors (Lipinski definition) is 9. The normalized spacial score (nSPS) is 15.1. The molecule has 0 fully saturated rings. The monoisotopic (exact) mass is 780 g/mol. The Balaban J connectivity index is 1.25. The quantitative estimate of drug-likeness (QED) is 0.0525. The van der Waals surface area contributed by atoms with Crippen molar-refractivity contribution < 1.29 is 33.6 Å². The lowest BCUT2D eigenvalue weighted by Crippen LogP contribution is -2.45. The molecule has 0 saturated heterocycles. The van der Waals surface area contributed by atoms with E-state index in [1.165, 1.54) is 7.11 Å². The van der Waals surface area contributed by atoms with Gasteiger partial charge in [-0.2, -0.15) is 5.10 Å². The first kappa shape index (κ1) is 34.7. The molecule has 1 heterocycles. The number of carbonyl (C=O) groups excluding carboxylic acids is 2. The number of hydrazone groups is 1. The number of aliphatic hydroxyl groups is 1. The number of aliphatic hydroxyl groups excluding tert-OH is 1. The van der Waals surface area contributed by atoms with Gasteiger partial charge in [-0.15, -0.1) is 0 Å². The van der Waals surface area contributed by atoms with E-state index in [1.807, 2.05) is 43.3 Å². The lowest BCUT2D eigenvalue weighted by atomic mass is 9.95. The third-order valence-electron chi connectivity index (χ3n) is 7.39. The van der Waals surface area contributed by atoms with E-state index in [4.69, 9.17) is 18.9 Å². The number of benzene rings is 4. The van der Waals surface area contributed by atoms with Crippen molar-refractivity contribution in [2.75, 3.05) is 20.3 Å². The average Bonchev–Trinajstić information content (AvgIpc) is 3.06. The summed E-state index contributed by atoms with van der Waals surface area (Å²) in [5, 5.41) is 22.5. The summed E-state index contributed by atoms with van der Waals surface area (Å²) in [5.74, 6) is 0.740. The fraction of sp³-hybridized carbons (Fsp3) is 0.229. The molecule has 4 aromatic rings. The largest absolute Gasteiger partial charge is 0.490 e. The maximum absolute atomic E-state index is 12.5. The van der Waals surface area contributed by atoms with E-state index < -0.39 is 24.3 Å². The number of allylic oxidation sites excluding steroid dienone is 1. The summed E-state index contributed by atoms with van der Waals surface area (Å²) >= 11 is 7.11. The summed E-state index contributed by atoms with van der Waals surface area (Å²) < 4.78 is 24.4. The Bertz CT molecular complexity index is 1880. The van der Waals surface area contributed by atoms with Crippen molar-refractivity contribution in [2.45, 2.75) is 32.7 Å². The fourth-order valence-electron chi connectivity index (χ4n) is 5.21. The third-order valence-corrected chi connectivity index (χ3v) is 8.44. The molecule has 0 saturated carbocycles. The molecule has 5 rings (SSSR count). The second-order valence-corrected chi connectivity index (χ2v) is 12.4. The molecule has 0 unspecified atom stereocenters. The Morgan fingerprint density at radius 3 is 2.62 bits per heavy atom. The van der Waals surface area contributed by atoms with Crippen LogP contribution in [0.5, 0.6) is 17.2 Å². The number of nitrogens with one attached hydrogen (secondary N) is 3. The van der Waals surface area contributed by atoms with Crippen LogP contribution in [-0.4, -0.2) is 49.9 Å². The molecule has 0 bridgehead atoms. The minimum atomic E-state index is -1.17. The zero-order chi connectivity index (χ0) is 34.2. The highest BCUT2D eigenvalue weighted by Crippen LogP contribution is 2.35. The van der Waals surface area contributed by atoms with Crippen LogP contribution in [-0.2, 0) is 16.1 Å². The van der Waals surface area contributed by atoms with Crippen molar-refractivity contribution in [1.82, 2.24) is 16.1 Å². The van der Waals surface area contributed by atoms with E-state index in [-0.39, 0.29) is 12.2 Å². The van der Waals surface area contributed by atoms with Crippen molar-refractivity contribution in [3.8, 4) is 17.2 Å². The van der Waals surface area contributed by atoms with Crippen LogP contribution < -0.4 is 30.3 Å². The van der Waals surface area contributed by atoms with Gasteiger partial charge in [0, 0.05) is 15.7 Å². The summed E-state index contributed by atoms with van der Waals surface area (Å²) in [6.45, 7) is 3.95. The Morgan fingerprint density at radius 2 is 1.83 bits per heavy atom. The lowest BCUT2D eigenvalue weighted by Gasteiger charge is -2.28. The number of hydrogen-bond donors (Lipinski definition) is 4. The second kappa shape index (κ2) is 16.0. The highest BCUT2D eigenvalue weighted by molar-refractivity contribution is 9.11. The minimum Gasteiger partial charge on any atom is -0.490 e. The molecule has 4 N–H and O–H groups in total. The molecule has 4 aromatic carbocycles. The van der Waals surface area contributed by atoms with E-state index >= 15 is 0 Å². The van der Waals surface area contributed by atoms with Gasteiger partial charge in [-0.1, -0.05) is 64.5 Å². The van der Waals surface area contributed by atoms with Gasteiger partial charge in [0.2, 0.25) is 0 Å². The first-order chi connectivity index (χ1) is 23.2. The zero-order valence-corrected chi connectivity index (χ0v) is 29.6. The topological polar surface area (TPSA) is 140 Å². The predicted molar refractivity (Wildman–Crippen MR) is 189 cm³/mol. The van der Waals surface area contributed by atoms with Crippen LogP contribution in [0.4, 0.5) is 4.79 Å². The van der Waals surface area contributed by atoms with Crippen LogP contribution in [0, 0.1) is 0 Å². The molecular formula is C35H34Br2N4O7. The smallest absolute Gasteiger partial charge is 0.337 e. The molecule has 1 aliphatic rings. The average molecular weight is 782 g/mol. The van der Waals surface area contributed by atoms with Crippen molar-refractivity contribution in [3.63, 3.8) is 0 Å². The van der Waals surface area contributed by atoms with Gasteiger partial charge < -0.3 is 34.7 Å². The highest BCUT2D eigenvalue weighted by Gasteiger charge is 2.32. The number of esters is 1. The number of fused-ring (bicyclic) bond motifs is 1. The molecule has 0 radical (unpaired) electrons. The number of halogens is 2. The van der Waals surface area contributed by atoms with Crippen LogP contribution in [0.15, 0.2) is 98.1 Å². The number of ether oxygens (including phenoxy) is 4. The molecule has 0 aromatic heterocycles. The molecule has 250 valence electrons. The molecule has 0 aliphatic carbocycles. The van der Waals surface area contributed by atoms with Crippen molar-refractivity contribution >= 4 is 60.8 Å². The van der Waals surface area contributed by atoms with Crippen LogP contribution >= 0.6 is 31.9 Å². The SMILES string of the molecule is CCOc1cc([C@@H]2NC(=O)NC(C)=C2C(=O)OC)ccc1OC[C@@H](O)N/N=C/c1cc(Br)cc(Br)c1OCc1cccc2ccccc12. The van der Waals surface area contributed by atoms with Gasteiger partial charge in [-0.3, -0.25) is 5.43 Å². The van der Waals surface area contributed by atoms with Gasteiger partial charge in [-0.25, -0.2) is 9.59 Å². The summed E-state index contributed by atoms with van der Waals surface area (Å²) in [7, 11) is 1.28. The van der Waals surface area contributed by atoms with Crippen molar-refractivity contribution in [1.29, 1.82) is 0 Å². The van der Waals surface area contributed by atoms with Crippen LogP contribution in [0.2, 0.25) is 0 Å². The van der Waals surface area contributed by atoms with Crippen molar-refractivity contribution in [3.05, 3.63) is 110 Å². The standard InChI is InChI=1S/C35H34Br2N4O7/c1-4-46-29-15-22(32-31(34(43)45-3)20(2)39-35(44)40-32)12-13-28(29)47-19-30(42)41-38-17-24-14-25(36)16-27(37)33(24)48-18-23-10-7-9-21-8-5-6-11-26(21)23/h5-17,30,32,41-42H,4,18-19H2,1-3H3,(H2,39,40,44)/b38-17+/t30-,32+/m1/s1. The highest BCUT2D eigenvalue weighted by atomic mass is 79.9. The molecule has 0 spiro atoms. The van der Waals surface area contributed by atoms with Crippen molar-refractivity contribution in [2.24, 2.45) is 5.10 Å². The number of urea groups is 1. The predicted octanol–water partition coefficient (Wildman–Crippen LogP) is 6.46. The van der Waals surface area contributed by atoms with E-state index in [2.05, 4.69) is 71.2 Å². The fourth-order valence-corrected chi connectivity index (χ4v) is 6.58. The minimum absolute atomic E-state index is 0.167. The zero-order valence-electron chi connectivity index (χ0n) is 26.4. The van der Waals surface area contributed by atoms with E-state index in [0.29, 0.717) is 47.3 Å². The van der Waals surface area contributed by atoms with Gasteiger partial charge in [0.25, 0.3) is 0 Å². The maximum Gasteiger partial charge on any atom is 0.337 e. The van der Waals surface area contributed by atoms with E-state index in [1.54, 1.807) is 31.3 Å². The van der Waals surface area contributed by atoms with E-state index in [9.17, 15) is 14.7 Å². The molecule has 13 heteroatoms. The molecular weight excluding hydrogens is 748 g/mol. The Hall–Kier alpha value is -4.59. The van der Waals surface area contributed by atoms with Crippen LogP contribution in [0.25, 0.3) is 10.8 Å². The molecule has 2 atom stereocenters. The lowest BCUT2D eigenvalue weighted by molar-refractivity contribution is -0.136. The Labute approximate surface area is 294 Å². The number of nitrogens with zero attached hydrogens (tertiary/aromatic N) is 1. The third kappa shape index (κ3) is 8.27. The Kier molecular flexibility index (Phi) is 11.6. The summed E-state index contributed by atoms with van der Waals surface area (Å²) in [5.41, 5.74) is 5.64. The Morgan fingerprint density at radius 1 is 1.04 bits per heavy atom. The molecule has 48 heavy (non-hydrogen) atoms. The molecule has 2 amide bonds. The number of carbonyl (C=O) groups is 2. The van der Waals surface area contributed by atoms with Crippen LogP contribution in [0.3, 0.4) is 0 Å². The van der Waals surface area contributed by atoms with E-state index in [0.717, 1.165) is 25.3 Å². The number of rotatable bonds is 13. The summed E-state index contributed by atoms with van der Waals surface area (Å²) in [4.78, 5) is 24.7. The maximum atomic E-state index is 12.5. The van der Waals surface area contributed by atoms with Gasteiger partial charge >= 0.3 is 12.0 Å². The van der Waals surface area contributed by atoms with Gasteiger partial charge in [0.1, 0.15) is 19.0 Å². The number of amides is 2. The molecule has 1 aliphatic heterocycles. The first-order valence-corrected chi connectivity index (χ1v) is 16.6. The van der Waals surface area contributed by atoms with Gasteiger partial charge in [0.15, 0.2) is 17.7 Å². The molecule has 11 nitrogen and oxygen atoms in total. The first-order valence-electron chi connectivity index (χ1n) is 15.0. The van der Waals surface area contributed by atoms with Crippen LogP contribution in [0.1, 0.15) is 36.6 Å². The summed E-state index contributed by atoms with van der Waals surface area (Å²) in [6, 6.07) is 21.8. The van der Waals surface area contributed by atoms with Gasteiger partial charge in [-0.05, 0) is 75.9 Å². The summed E-state index contributed by atoms with van der Waals surface area (Å²) in [6.07, 6.45) is 0.380. The van der Waals surface area contributed by atoms with Gasteiger partial charge in [0.05, 0.1) is 36.0 Å². The number of methoxy groups -OCH3 is 1. The second-order valence-electron chi connectivity index (χ2n) is 10.6.